The number of piperidine rings is 1. The molecule has 25 heavy (non-hydrogen) atoms. The van der Waals surface area contributed by atoms with E-state index in [2.05, 4.69) is 19.1 Å². The van der Waals surface area contributed by atoms with Crippen LogP contribution < -0.4 is 0 Å². The van der Waals surface area contributed by atoms with Crippen LogP contribution in [0, 0.1) is 12.8 Å². The predicted octanol–water partition coefficient (Wildman–Crippen LogP) is 3.48. The number of hydrogen-bond donors (Lipinski definition) is 1. The number of aliphatic carboxylic acids is 1. The van der Waals surface area contributed by atoms with Crippen molar-refractivity contribution in [1.82, 2.24) is 4.90 Å². The Kier molecular flexibility index (Phi) is 4.93. The Morgan fingerprint density at radius 3 is 2.64 bits per heavy atom. The number of rotatable bonds is 4. The third-order valence-electron chi connectivity index (χ3n) is 5.00. The molecule has 5 nitrogen and oxygen atoms in total. The number of aryl methyl sites for hydroxylation is 1. The highest BCUT2D eigenvalue weighted by molar-refractivity contribution is 5.97. The monoisotopic (exact) mass is 341 g/mol. The number of hydrogen-bond acceptors (Lipinski definition) is 3. The van der Waals surface area contributed by atoms with Crippen molar-refractivity contribution in [3.8, 4) is 0 Å². The number of likely N-dealkylation sites (tertiary alicyclic amines) is 1. The number of benzene rings is 1. The van der Waals surface area contributed by atoms with E-state index in [-0.39, 0.29) is 18.1 Å². The zero-order chi connectivity index (χ0) is 18.0. The summed E-state index contributed by atoms with van der Waals surface area (Å²) in [6.45, 7) is 5.27. The smallest absolute Gasteiger partial charge is 0.311 e. The summed E-state index contributed by atoms with van der Waals surface area (Å²) < 4.78 is 5.31. The van der Waals surface area contributed by atoms with E-state index in [1.165, 1.54) is 11.8 Å². The van der Waals surface area contributed by atoms with Gasteiger partial charge in [0.1, 0.15) is 12.2 Å². The fourth-order valence-electron chi connectivity index (χ4n) is 3.74. The van der Waals surface area contributed by atoms with Gasteiger partial charge in [-0.1, -0.05) is 37.3 Å². The first-order valence-electron chi connectivity index (χ1n) is 8.60. The maximum absolute atomic E-state index is 12.9. The molecule has 1 amide bonds. The molecule has 2 unspecified atom stereocenters. The Morgan fingerprint density at radius 1 is 1.28 bits per heavy atom. The maximum atomic E-state index is 12.9. The minimum Gasteiger partial charge on any atom is -0.481 e. The van der Waals surface area contributed by atoms with Crippen molar-refractivity contribution in [2.24, 2.45) is 5.92 Å². The van der Waals surface area contributed by atoms with Gasteiger partial charge in [0.2, 0.25) is 0 Å². The molecule has 1 fully saturated rings. The minimum absolute atomic E-state index is 0.124. The van der Waals surface area contributed by atoms with Crippen LogP contribution in [0.2, 0.25) is 0 Å². The van der Waals surface area contributed by atoms with Gasteiger partial charge in [-0.3, -0.25) is 9.59 Å². The van der Waals surface area contributed by atoms with Crippen molar-refractivity contribution in [2.45, 2.75) is 32.6 Å². The summed E-state index contributed by atoms with van der Waals surface area (Å²) in [6, 6.07) is 10.4. The van der Waals surface area contributed by atoms with Crippen molar-refractivity contribution in [3.05, 3.63) is 59.0 Å². The lowest BCUT2D eigenvalue weighted by Gasteiger charge is -2.37. The maximum Gasteiger partial charge on any atom is 0.311 e. The molecule has 0 bridgehead atoms. The Bertz CT molecular complexity index is 765. The summed E-state index contributed by atoms with van der Waals surface area (Å²) in [6.07, 6.45) is 2.10. The lowest BCUT2D eigenvalue weighted by molar-refractivity contribution is -0.136. The molecular weight excluding hydrogens is 318 g/mol. The van der Waals surface area contributed by atoms with Crippen molar-refractivity contribution in [3.63, 3.8) is 0 Å². The van der Waals surface area contributed by atoms with Crippen LogP contribution >= 0.6 is 0 Å². The van der Waals surface area contributed by atoms with Gasteiger partial charge < -0.3 is 14.4 Å². The van der Waals surface area contributed by atoms with Gasteiger partial charge in [-0.25, -0.2) is 0 Å². The third kappa shape index (κ3) is 3.60. The van der Waals surface area contributed by atoms with Gasteiger partial charge in [0.05, 0.1) is 11.8 Å². The Morgan fingerprint density at radius 2 is 2.00 bits per heavy atom. The van der Waals surface area contributed by atoms with Gasteiger partial charge in [0, 0.05) is 18.7 Å². The van der Waals surface area contributed by atoms with Crippen molar-refractivity contribution >= 4 is 11.9 Å². The number of carboxylic acids is 1. The highest BCUT2D eigenvalue weighted by atomic mass is 16.4. The van der Waals surface area contributed by atoms with Crippen LogP contribution in [0.25, 0.3) is 0 Å². The van der Waals surface area contributed by atoms with E-state index >= 15 is 0 Å². The molecule has 2 atom stereocenters. The third-order valence-corrected chi connectivity index (χ3v) is 5.00. The van der Waals surface area contributed by atoms with E-state index in [0.717, 1.165) is 6.42 Å². The highest BCUT2D eigenvalue weighted by Crippen LogP contribution is 2.33. The van der Waals surface area contributed by atoms with Gasteiger partial charge in [-0.15, -0.1) is 0 Å². The molecule has 2 aromatic rings. The largest absolute Gasteiger partial charge is 0.481 e. The van der Waals surface area contributed by atoms with Gasteiger partial charge in [0.25, 0.3) is 5.91 Å². The van der Waals surface area contributed by atoms with E-state index in [1.807, 2.05) is 23.1 Å². The van der Waals surface area contributed by atoms with Crippen LogP contribution in [0.5, 0.6) is 0 Å². The number of furan rings is 1. The molecule has 0 spiro atoms. The van der Waals surface area contributed by atoms with E-state index in [9.17, 15) is 9.59 Å². The van der Waals surface area contributed by atoms with Gasteiger partial charge in [-0.05, 0) is 30.7 Å². The van der Waals surface area contributed by atoms with E-state index in [1.54, 1.807) is 6.92 Å². The summed E-state index contributed by atoms with van der Waals surface area (Å²) in [5.74, 6) is -0.0994. The number of amides is 1. The topological polar surface area (TPSA) is 70.7 Å². The van der Waals surface area contributed by atoms with Crippen molar-refractivity contribution < 1.29 is 19.1 Å². The van der Waals surface area contributed by atoms with Gasteiger partial charge in [0.15, 0.2) is 0 Å². The Labute approximate surface area is 147 Å². The van der Waals surface area contributed by atoms with E-state index in [0.29, 0.717) is 36.1 Å². The van der Waals surface area contributed by atoms with Crippen LogP contribution in [0.1, 0.15) is 46.5 Å². The molecular formula is C20H23NO4. The van der Waals surface area contributed by atoms with Crippen molar-refractivity contribution in [1.29, 1.82) is 0 Å². The molecule has 1 aromatic carbocycles. The van der Waals surface area contributed by atoms with Crippen LogP contribution in [0.3, 0.4) is 0 Å². The highest BCUT2D eigenvalue weighted by Gasteiger charge is 2.32. The molecule has 1 N–H and O–H groups in total. The molecule has 1 aliphatic rings. The zero-order valence-electron chi connectivity index (χ0n) is 14.6. The molecule has 3 rings (SSSR count). The summed E-state index contributed by atoms with van der Waals surface area (Å²) in [7, 11) is 0. The van der Waals surface area contributed by atoms with Crippen LogP contribution in [0.4, 0.5) is 0 Å². The number of nitrogens with zero attached hydrogens (tertiary/aromatic N) is 1. The second-order valence-corrected chi connectivity index (χ2v) is 6.82. The van der Waals surface area contributed by atoms with Gasteiger partial charge >= 0.3 is 5.97 Å². The predicted molar refractivity (Wildman–Crippen MR) is 93.7 cm³/mol. The summed E-state index contributed by atoms with van der Waals surface area (Å²) in [5.41, 5.74) is 2.42. The SMILES string of the molecule is Cc1coc(CC(=O)O)c1C(=O)N1CCC(c2ccccc2)C(C)C1. The molecule has 5 heteroatoms. The first kappa shape index (κ1) is 17.3. The second kappa shape index (κ2) is 7.13. The zero-order valence-corrected chi connectivity index (χ0v) is 14.6. The van der Waals surface area contributed by atoms with Crippen molar-refractivity contribution in [2.75, 3.05) is 13.1 Å². The lowest BCUT2D eigenvalue weighted by Crippen LogP contribution is -2.42. The van der Waals surface area contributed by atoms with Crippen LogP contribution in [0.15, 0.2) is 41.0 Å². The lowest BCUT2D eigenvalue weighted by atomic mass is 9.81. The fourth-order valence-corrected chi connectivity index (χ4v) is 3.74. The molecule has 1 aliphatic heterocycles. The molecule has 132 valence electrons. The molecule has 0 radical (unpaired) electrons. The summed E-state index contributed by atoms with van der Waals surface area (Å²) in [5, 5.41) is 9.01. The molecule has 0 saturated carbocycles. The standard InChI is InChI=1S/C20H23NO4/c1-13-11-21(9-8-16(13)15-6-4-3-5-7-15)20(24)19-14(2)12-25-17(19)10-18(22)23/h3-7,12-13,16H,8-11H2,1-2H3,(H,22,23). The first-order valence-corrected chi connectivity index (χ1v) is 8.60. The average molecular weight is 341 g/mol. The Balaban J connectivity index is 1.75. The first-order chi connectivity index (χ1) is 12.0. The second-order valence-electron chi connectivity index (χ2n) is 6.82. The quantitative estimate of drug-likeness (QED) is 0.924. The average Bonchev–Trinajstić information content (AvgIpc) is 2.94. The van der Waals surface area contributed by atoms with E-state index in [4.69, 9.17) is 9.52 Å². The normalized spacial score (nSPS) is 20.5. The number of carbonyl (C=O) groups is 2. The minimum atomic E-state index is -1.00. The van der Waals surface area contributed by atoms with Crippen LogP contribution in [-0.4, -0.2) is 35.0 Å². The number of carbonyl (C=O) groups excluding carboxylic acids is 1. The summed E-state index contributed by atoms with van der Waals surface area (Å²) >= 11 is 0. The molecule has 2 heterocycles. The molecule has 1 aromatic heterocycles. The van der Waals surface area contributed by atoms with Crippen LogP contribution in [-0.2, 0) is 11.2 Å². The fraction of sp³-hybridized carbons (Fsp3) is 0.400. The molecule has 1 saturated heterocycles. The van der Waals surface area contributed by atoms with E-state index < -0.39 is 5.97 Å². The summed E-state index contributed by atoms with van der Waals surface area (Å²) in [4.78, 5) is 25.8. The number of carboxylic acid groups (broad SMARTS) is 1. The Hall–Kier alpha value is -2.56. The molecule has 0 aliphatic carbocycles. The van der Waals surface area contributed by atoms with Gasteiger partial charge in [-0.2, -0.15) is 0 Å².